The highest BCUT2D eigenvalue weighted by atomic mass is 16.7. The summed E-state index contributed by atoms with van der Waals surface area (Å²) in [5, 5.41) is 90.8. The number of carbonyl (C=O) groups is 1. The van der Waals surface area contributed by atoms with E-state index in [2.05, 4.69) is 10.6 Å². The number of urea groups is 1. The first-order chi connectivity index (χ1) is 21.3. The molecule has 0 aromatic heterocycles. The van der Waals surface area contributed by atoms with Gasteiger partial charge in [-0.1, -0.05) is 0 Å². The molecule has 4 aliphatic rings. The fourth-order valence-electron chi connectivity index (χ4n) is 6.74. The van der Waals surface area contributed by atoms with Crippen molar-refractivity contribution in [2.75, 3.05) is 32.8 Å². The zero-order valence-electron chi connectivity index (χ0n) is 24.9. The number of nitrogens with two attached hydrogens (primary N) is 4. The third-order valence-electron chi connectivity index (χ3n) is 9.44. The predicted octanol–water partition coefficient (Wildman–Crippen LogP) is -7.25. The highest BCUT2D eigenvalue weighted by molar-refractivity contribution is 5.73. The van der Waals surface area contributed by atoms with Gasteiger partial charge in [0.05, 0.1) is 43.5 Å². The molecular formula is C26H51N7O12. The molecule has 45 heavy (non-hydrogen) atoms. The van der Waals surface area contributed by atoms with Gasteiger partial charge in [0, 0.05) is 31.1 Å². The average Bonchev–Trinajstić information content (AvgIpc) is 2.98. The zero-order chi connectivity index (χ0) is 33.2. The molecule has 2 heterocycles. The first-order valence-corrected chi connectivity index (χ1v) is 15.4. The summed E-state index contributed by atoms with van der Waals surface area (Å²) >= 11 is 0. The van der Waals surface area contributed by atoms with Gasteiger partial charge in [0.1, 0.15) is 42.7 Å². The van der Waals surface area contributed by atoms with E-state index in [1.807, 2.05) is 0 Å². The van der Waals surface area contributed by atoms with E-state index in [9.17, 15) is 45.7 Å². The summed E-state index contributed by atoms with van der Waals surface area (Å²) in [5.74, 6) is -0.794. The number of aliphatic hydroxyl groups is 7. The van der Waals surface area contributed by atoms with Crippen LogP contribution < -0.4 is 33.6 Å². The second-order valence-electron chi connectivity index (χ2n) is 12.7. The normalized spacial score (nSPS) is 47.2. The van der Waals surface area contributed by atoms with E-state index in [0.29, 0.717) is 17.5 Å². The van der Waals surface area contributed by atoms with Crippen LogP contribution >= 0.6 is 0 Å². The van der Waals surface area contributed by atoms with Crippen molar-refractivity contribution in [2.24, 2.45) is 34.8 Å². The number of rotatable bonds is 11. The second kappa shape index (κ2) is 15.7. The minimum atomic E-state index is -1.69. The quantitative estimate of drug-likeness (QED) is 0.0727. The Morgan fingerprint density at radius 1 is 0.867 bits per heavy atom. The number of amides is 2. The highest BCUT2D eigenvalue weighted by Gasteiger charge is 2.56. The van der Waals surface area contributed by atoms with E-state index in [-0.39, 0.29) is 32.1 Å². The van der Waals surface area contributed by atoms with Crippen LogP contribution in [0.2, 0.25) is 0 Å². The lowest BCUT2D eigenvalue weighted by Crippen LogP contribution is -2.71. The van der Waals surface area contributed by atoms with E-state index in [1.54, 1.807) is 0 Å². The van der Waals surface area contributed by atoms with Gasteiger partial charge in [0.25, 0.3) is 0 Å². The maximum Gasteiger partial charge on any atom is 0.341 e. The molecule has 1 unspecified atom stereocenters. The zero-order valence-corrected chi connectivity index (χ0v) is 24.9. The van der Waals surface area contributed by atoms with E-state index in [4.69, 9.17) is 37.1 Å². The minimum Gasteiger partial charge on any atom is -0.394 e. The van der Waals surface area contributed by atoms with Crippen LogP contribution in [0.15, 0.2) is 0 Å². The Morgan fingerprint density at radius 3 is 2.18 bits per heavy atom. The van der Waals surface area contributed by atoms with E-state index < -0.39 is 104 Å². The summed E-state index contributed by atoms with van der Waals surface area (Å²) in [6.07, 6.45) is -14.6. The van der Waals surface area contributed by atoms with Gasteiger partial charge in [-0.25, -0.2) is 9.86 Å². The molecular weight excluding hydrogens is 602 g/mol. The van der Waals surface area contributed by atoms with Crippen LogP contribution in [0, 0.1) is 11.8 Å². The molecule has 2 aliphatic carbocycles. The van der Waals surface area contributed by atoms with Gasteiger partial charge in [-0.05, 0) is 31.7 Å². The van der Waals surface area contributed by atoms with Gasteiger partial charge in [-0.3, -0.25) is 5.21 Å². The van der Waals surface area contributed by atoms with Crippen molar-refractivity contribution in [3.8, 4) is 0 Å². The van der Waals surface area contributed by atoms with Crippen LogP contribution in [0.3, 0.4) is 0 Å². The molecule has 0 aromatic carbocycles. The number of nitrogens with zero attached hydrogens (tertiary/aromatic N) is 1. The third kappa shape index (κ3) is 8.03. The Hall–Kier alpha value is -1.37. The highest BCUT2D eigenvalue weighted by Crippen LogP contribution is 2.37. The van der Waals surface area contributed by atoms with Crippen molar-refractivity contribution in [3.63, 3.8) is 0 Å². The smallest absolute Gasteiger partial charge is 0.341 e. The van der Waals surface area contributed by atoms with E-state index in [0.717, 1.165) is 12.8 Å². The largest absolute Gasteiger partial charge is 0.394 e. The SMILES string of the molecule is NCCN(O)C(=O)N[C@@H]1C[C@H](N)C([C@H]2O[C@H](CNCC3CC(N)C3)[C@@H](O)[C@H](O)[C@H]2O)[C@H](O)[C@H]1O[C@H]1O[C@H](CO)[C@@H](O)[C@H](N)[C@H]1O. The number of hydroxylamine groups is 2. The summed E-state index contributed by atoms with van der Waals surface area (Å²) in [6, 6.07) is -4.27. The van der Waals surface area contributed by atoms with Crippen molar-refractivity contribution in [1.82, 2.24) is 15.7 Å². The fraction of sp³-hybridized carbons (Fsp3) is 0.962. The van der Waals surface area contributed by atoms with Gasteiger partial charge in [0.2, 0.25) is 0 Å². The molecule has 18 N–H and O–H groups in total. The van der Waals surface area contributed by atoms with Crippen molar-refractivity contribution >= 4 is 6.03 Å². The lowest BCUT2D eigenvalue weighted by atomic mass is 9.72. The van der Waals surface area contributed by atoms with Crippen molar-refractivity contribution < 1.29 is 60.0 Å². The summed E-state index contributed by atoms with van der Waals surface area (Å²) in [6.45, 7) is -0.233. The van der Waals surface area contributed by atoms with Crippen LogP contribution in [-0.4, -0.2) is 176 Å². The molecule has 2 saturated heterocycles. The topological polar surface area (TPSA) is 338 Å². The summed E-state index contributed by atoms with van der Waals surface area (Å²) in [7, 11) is 0. The maximum absolute atomic E-state index is 12.7. The minimum absolute atomic E-state index is 0.0566. The molecule has 4 rings (SSSR count). The lowest BCUT2D eigenvalue weighted by molar-refractivity contribution is -0.310. The first-order valence-electron chi connectivity index (χ1n) is 15.4. The molecule has 2 amide bonds. The van der Waals surface area contributed by atoms with Gasteiger partial charge in [-0.2, -0.15) is 0 Å². The monoisotopic (exact) mass is 653 g/mol. The fourth-order valence-corrected chi connectivity index (χ4v) is 6.74. The Kier molecular flexibility index (Phi) is 12.7. The summed E-state index contributed by atoms with van der Waals surface area (Å²) in [5.41, 5.74) is 23.7. The van der Waals surface area contributed by atoms with Gasteiger partial charge in [-0.15, -0.1) is 0 Å². The molecule has 0 aromatic rings. The summed E-state index contributed by atoms with van der Waals surface area (Å²) < 4.78 is 17.6. The van der Waals surface area contributed by atoms with Gasteiger partial charge < -0.3 is 83.5 Å². The van der Waals surface area contributed by atoms with Crippen LogP contribution in [0.5, 0.6) is 0 Å². The van der Waals surface area contributed by atoms with Crippen LogP contribution in [0.1, 0.15) is 19.3 Å². The Labute approximate surface area is 260 Å². The molecule has 19 heteroatoms. The molecule has 4 fully saturated rings. The Morgan fingerprint density at radius 2 is 1.56 bits per heavy atom. The Bertz CT molecular complexity index is 954. The molecule has 262 valence electrons. The molecule has 0 bridgehead atoms. The standard InChI is InChI=1S/C26H51N7O12/c27-1-2-33(42)26(41)32-12-5-11(29)15(19(37)23(12)45-25-20(38)16(30)17(35)14(8-34)44-25)24-22(40)21(39)18(36)13(43-24)7-31-6-9-3-10(28)4-9/h9-25,31,34-40,42H,1-8,27-30H2,(H,32,41)/t9?,10?,11-,12+,13+,14+,15?,16-,17+,18+,19-,20+,21-,22+,23-,24+,25+/m0/s1. The summed E-state index contributed by atoms with van der Waals surface area (Å²) in [4.78, 5) is 12.7. The van der Waals surface area contributed by atoms with Crippen LogP contribution in [0.4, 0.5) is 4.79 Å². The number of hydrogen-bond donors (Lipinski definition) is 14. The number of aliphatic hydroxyl groups excluding tert-OH is 7. The number of hydrogen-bond acceptors (Lipinski definition) is 17. The number of carbonyl (C=O) groups excluding carboxylic acids is 1. The molecule has 0 radical (unpaired) electrons. The second-order valence-corrected chi connectivity index (χ2v) is 12.7. The van der Waals surface area contributed by atoms with Crippen molar-refractivity contribution in [3.05, 3.63) is 0 Å². The first kappa shape index (κ1) is 36.5. The molecule has 0 spiro atoms. The van der Waals surface area contributed by atoms with Gasteiger partial charge >= 0.3 is 6.03 Å². The van der Waals surface area contributed by atoms with Crippen molar-refractivity contribution in [2.45, 2.75) is 111 Å². The van der Waals surface area contributed by atoms with Crippen molar-refractivity contribution in [1.29, 1.82) is 0 Å². The van der Waals surface area contributed by atoms with Crippen LogP contribution in [0.25, 0.3) is 0 Å². The Balaban J connectivity index is 1.55. The lowest BCUT2D eigenvalue weighted by Gasteiger charge is -2.52. The average molecular weight is 654 g/mol. The maximum atomic E-state index is 12.7. The third-order valence-corrected chi connectivity index (χ3v) is 9.44. The van der Waals surface area contributed by atoms with E-state index in [1.165, 1.54) is 0 Å². The van der Waals surface area contributed by atoms with E-state index >= 15 is 0 Å². The van der Waals surface area contributed by atoms with Crippen LogP contribution in [-0.2, 0) is 14.2 Å². The molecule has 15 atom stereocenters. The molecule has 2 aliphatic heterocycles. The predicted molar refractivity (Wildman–Crippen MR) is 153 cm³/mol. The number of nitrogens with one attached hydrogen (secondary N) is 2. The molecule has 19 nitrogen and oxygen atoms in total. The molecule has 2 saturated carbocycles. The van der Waals surface area contributed by atoms with Gasteiger partial charge in [0.15, 0.2) is 6.29 Å². The number of ether oxygens (including phenoxy) is 3.